The van der Waals surface area contributed by atoms with E-state index in [4.69, 9.17) is 0 Å². The summed E-state index contributed by atoms with van der Waals surface area (Å²) >= 11 is 0. The average Bonchev–Trinajstić information content (AvgIpc) is 2.33. The van der Waals surface area contributed by atoms with E-state index in [0.29, 0.717) is 0 Å². The molecule has 1 unspecified atom stereocenters. The van der Waals surface area contributed by atoms with Gasteiger partial charge in [-0.2, -0.15) is 4.39 Å². The van der Waals surface area contributed by atoms with Gasteiger partial charge in [-0.15, -0.1) is 0 Å². The molecule has 2 aromatic rings. The van der Waals surface area contributed by atoms with Crippen LogP contribution in [0.4, 0.5) is 10.1 Å². The molecule has 0 amide bonds. The van der Waals surface area contributed by atoms with Crippen molar-refractivity contribution in [3.05, 3.63) is 60.2 Å². The minimum absolute atomic E-state index is 0.282. The van der Waals surface area contributed by atoms with Crippen LogP contribution in [0.3, 0.4) is 0 Å². The maximum Gasteiger partial charge on any atom is 0.212 e. The number of rotatable bonds is 4. The van der Waals surface area contributed by atoms with E-state index in [-0.39, 0.29) is 6.04 Å². The minimum atomic E-state index is -0.453. The molecule has 0 fully saturated rings. The van der Waals surface area contributed by atoms with Crippen molar-refractivity contribution < 1.29 is 4.39 Å². The van der Waals surface area contributed by atoms with Crippen molar-refractivity contribution in [1.29, 1.82) is 0 Å². The molecule has 0 bridgehead atoms. The van der Waals surface area contributed by atoms with Crippen molar-refractivity contribution in [2.45, 2.75) is 19.4 Å². The molecule has 88 valence electrons. The van der Waals surface area contributed by atoms with Crippen molar-refractivity contribution in [3.8, 4) is 0 Å². The third-order valence-electron chi connectivity index (χ3n) is 2.53. The monoisotopic (exact) mass is 230 g/mol. The van der Waals surface area contributed by atoms with Gasteiger partial charge in [0.1, 0.15) is 0 Å². The van der Waals surface area contributed by atoms with Crippen molar-refractivity contribution >= 4 is 5.69 Å². The van der Waals surface area contributed by atoms with E-state index in [1.165, 1.54) is 17.8 Å². The van der Waals surface area contributed by atoms with E-state index in [1.807, 2.05) is 18.2 Å². The predicted molar refractivity (Wildman–Crippen MR) is 67.4 cm³/mol. The molecule has 1 heterocycles. The second-order valence-electron chi connectivity index (χ2n) is 4.10. The molecule has 0 aliphatic heterocycles. The zero-order chi connectivity index (χ0) is 12.1. The topological polar surface area (TPSA) is 24.9 Å². The second kappa shape index (κ2) is 5.43. The lowest BCUT2D eigenvalue weighted by Gasteiger charge is -2.14. The van der Waals surface area contributed by atoms with Gasteiger partial charge in [0.2, 0.25) is 5.95 Å². The largest absolute Gasteiger partial charge is 0.381 e. The zero-order valence-electron chi connectivity index (χ0n) is 9.73. The maximum absolute atomic E-state index is 12.6. The first-order chi connectivity index (χ1) is 8.24. The Balaban J connectivity index is 1.93. The fraction of sp³-hybridized carbons (Fsp3) is 0.214. The number of aromatic nitrogens is 1. The smallest absolute Gasteiger partial charge is 0.212 e. The van der Waals surface area contributed by atoms with E-state index >= 15 is 0 Å². The van der Waals surface area contributed by atoms with Gasteiger partial charge in [0.15, 0.2) is 0 Å². The minimum Gasteiger partial charge on any atom is -0.381 e. The van der Waals surface area contributed by atoms with Crippen molar-refractivity contribution in [2.75, 3.05) is 5.32 Å². The highest BCUT2D eigenvalue weighted by atomic mass is 19.1. The van der Waals surface area contributed by atoms with Gasteiger partial charge < -0.3 is 5.32 Å². The molecule has 1 aromatic carbocycles. The van der Waals surface area contributed by atoms with Crippen LogP contribution in [0.25, 0.3) is 0 Å². The Bertz CT molecular complexity index is 453. The van der Waals surface area contributed by atoms with Crippen molar-refractivity contribution in [2.24, 2.45) is 0 Å². The number of hydrogen-bond acceptors (Lipinski definition) is 2. The maximum atomic E-state index is 12.6. The van der Waals surface area contributed by atoms with Gasteiger partial charge >= 0.3 is 0 Å². The first kappa shape index (κ1) is 11.6. The Labute approximate surface area is 101 Å². The first-order valence-electron chi connectivity index (χ1n) is 5.66. The quantitative estimate of drug-likeness (QED) is 0.815. The Morgan fingerprint density at radius 2 is 1.94 bits per heavy atom. The molecule has 0 saturated carbocycles. The van der Waals surface area contributed by atoms with Crippen LogP contribution < -0.4 is 5.32 Å². The third-order valence-corrected chi connectivity index (χ3v) is 2.53. The lowest BCUT2D eigenvalue weighted by atomic mass is 10.1. The molecular weight excluding hydrogens is 215 g/mol. The average molecular weight is 230 g/mol. The highest BCUT2D eigenvalue weighted by Gasteiger charge is 2.03. The summed E-state index contributed by atoms with van der Waals surface area (Å²) in [6.45, 7) is 2.09. The standard InChI is InChI=1S/C14H15FN2/c1-11(9-12-5-3-2-4-6-12)17-13-7-8-14(15)16-10-13/h2-8,10-11,17H,9H2,1H3. The van der Waals surface area contributed by atoms with Gasteiger partial charge in [-0.05, 0) is 31.0 Å². The third kappa shape index (κ3) is 3.55. The molecule has 1 aromatic heterocycles. The van der Waals surface area contributed by atoms with Crippen LogP contribution in [0, 0.1) is 5.95 Å². The number of anilines is 1. The molecule has 2 rings (SSSR count). The molecular formula is C14H15FN2. The van der Waals surface area contributed by atoms with Crippen LogP contribution in [-0.4, -0.2) is 11.0 Å². The lowest BCUT2D eigenvalue weighted by Crippen LogP contribution is -2.18. The fourth-order valence-corrected chi connectivity index (χ4v) is 1.76. The van der Waals surface area contributed by atoms with Gasteiger partial charge in [-0.1, -0.05) is 30.3 Å². The van der Waals surface area contributed by atoms with Crippen LogP contribution >= 0.6 is 0 Å². The summed E-state index contributed by atoms with van der Waals surface area (Å²) in [7, 11) is 0. The molecule has 0 spiro atoms. The summed E-state index contributed by atoms with van der Waals surface area (Å²) in [5, 5.41) is 3.29. The molecule has 0 aliphatic rings. The van der Waals surface area contributed by atoms with Gasteiger partial charge in [0.25, 0.3) is 0 Å². The van der Waals surface area contributed by atoms with Crippen LogP contribution in [-0.2, 0) is 6.42 Å². The van der Waals surface area contributed by atoms with Gasteiger partial charge in [0.05, 0.1) is 11.9 Å². The Morgan fingerprint density at radius 3 is 2.59 bits per heavy atom. The molecule has 1 N–H and O–H groups in total. The fourth-order valence-electron chi connectivity index (χ4n) is 1.76. The Kier molecular flexibility index (Phi) is 3.70. The summed E-state index contributed by atoms with van der Waals surface area (Å²) in [6, 6.07) is 13.6. The van der Waals surface area contributed by atoms with E-state index in [9.17, 15) is 4.39 Å². The van der Waals surface area contributed by atoms with E-state index in [1.54, 1.807) is 6.07 Å². The lowest BCUT2D eigenvalue weighted by molar-refractivity contribution is 0.584. The number of hydrogen-bond donors (Lipinski definition) is 1. The highest BCUT2D eigenvalue weighted by Crippen LogP contribution is 2.10. The number of halogens is 1. The van der Waals surface area contributed by atoms with Gasteiger partial charge in [-0.25, -0.2) is 4.98 Å². The van der Waals surface area contributed by atoms with Crippen molar-refractivity contribution in [3.63, 3.8) is 0 Å². The van der Waals surface area contributed by atoms with Crippen LogP contribution in [0.1, 0.15) is 12.5 Å². The van der Waals surface area contributed by atoms with Gasteiger partial charge in [0, 0.05) is 6.04 Å². The van der Waals surface area contributed by atoms with Gasteiger partial charge in [-0.3, -0.25) is 0 Å². The normalized spacial score (nSPS) is 12.1. The molecule has 3 heteroatoms. The zero-order valence-corrected chi connectivity index (χ0v) is 9.73. The van der Waals surface area contributed by atoms with Crippen LogP contribution in [0.2, 0.25) is 0 Å². The summed E-state index contributed by atoms with van der Waals surface area (Å²) in [6.07, 6.45) is 2.44. The summed E-state index contributed by atoms with van der Waals surface area (Å²) in [5.41, 5.74) is 2.12. The van der Waals surface area contributed by atoms with Crippen LogP contribution in [0.5, 0.6) is 0 Å². The Hall–Kier alpha value is -1.90. The number of nitrogens with zero attached hydrogens (tertiary/aromatic N) is 1. The summed E-state index contributed by atoms with van der Waals surface area (Å²) < 4.78 is 12.6. The van der Waals surface area contributed by atoms with E-state index in [2.05, 4.69) is 29.4 Å². The Morgan fingerprint density at radius 1 is 1.18 bits per heavy atom. The van der Waals surface area contributed by atoms with E-state index < -0.39 is 5.95 Å². The molecule has 1 atom stereocenters. The first-order valence-corrected chi connectivity index (χ1v) is 5.66. The number of nitrogens with one attached hydrogen (secondary N) is 1. The number of benzene rings is 1. The molecule has 0 radical (unpaired) electrons. The second-order valence-corrected chi connectivity index (χ2v) is 4.10. The summed E-state index contributed by atoms with van der Waals surface area (Å²) in [5.74, 6) is -0.453. The molecule has 0 saturated heterocycles. The number of pyridine rings is 1. The predicted octanol–water partition coefficient (Wildman–Crippen LogP) is 3.26. The molecule has 2 nitrogen and oxygen atoms in total. The van der Waals surface area contributed by atoms with Crippen LogP contribution in [0.15, 0.2) is 48.7 Å². The SMILES string of the molecule is CC(Cc1ccccc1)Nc1ccc(F)nc1. The van der Waals surface area contributed by atoms with Crippen molar-refractivity contribution in [1.82, 2.24) is 4.98 Å². The molecule has 0 aliphatic carbocycles. The highest BCUT2D eigenvalue weighted by molar-refractivity contribution is 5.41. The van der Waals surface area contributed by atoms with E-state index in [0.717, 1.165) is 12.1 Å². The molecule has 17 heavy (non-hydrogen) atoms. The summed E-state index contributed by atoms with van der Waals surface area (Å²) in [4.78, 5) is 3.61.